The number of aryl methyl sites for hydroxylation is 1. The standard InChI is InChI=1S/C22H24N8O/c1-13(2)11-29-20(27-30-14(3)6-7-17(30)22(29)31)16-5-4-8-28(16)21-18-15(9-23)10-24-19(18)25-12-26-21/h6-7,10,12-13,16H,4-5,8,11H2,1-3H3,(H,24,25,26)/t16-/m0/s1. The summed E-state index contributed by atoms with van der Waals surface area (Å²) in [5, 5.41) is 15.2. The van der Waals surface area contributed by atoms with Gasteiger partial charge in [-0.2, -0.15) is 10.4 Å². The first-order valence-corrected chi connectivity index (χ1v) is 10.6. The first-order valence-electron chi connectivity index (χ1n) is 10.6. The molecule has 1 aliphatic heterocycles. The van der Waals surface area contributed by atoms with Gasteiger partial charge < -0.3 is 9.88 Å². The summed E-state index contributed by atoms with van der Waals surface area (Å²) in [4.78, 5) is 27.4. The van der Waals surface area contributed by atoms with Crippen molar-refractivity contribution >= 4 is 22.4 Å². The molecule has 1 aliphatic rings. The summed E-state index contributed by atoms with van der Waals surface area (Å²) in [6.45, 7) is 7.52. The number of hydrogen-bond acceptors (Lipinski definition) is 6. The molecule has 5 heterocycles. The summed E-state index contributed by atoms with van der Waals surface area (Å²) in [5.74, 6) is 1.75. The second-order valence-electron chi connectivity index (χ2n) is 8.53. The molecule has 9 heteroatoms. The highest BCUT2D eigenvalue weighted by molar-refractivity contribution is 5.93. The van der Waals surface area contributed by atoms with E-state index in [0.717, 1.165) is 30.9 Å². The van der Waals surface area contributed by atoms with Gasteiger partial charge in [0, 0.05) is 25.0 Å². The molecule has 4 aromatic heterocycles. The van der Waals surface area contributed by atoms with E-state index < -0.39 is 0 Å². The number of H-pyrrole nitrogens is 1. The van der Waals surface area contributed by atoms with Gasteiger partial charge in [0.05, 0.1) is 17.0 Å². The van der Waals surface area contributed by atoms with Crippen LogP contribution in [0.5, 0.6) is 0 Å². The van der Waals surface area contributed by atoms with Crippen LogP contribution in [-0.2, 0) is 6.54 Å². The molecule has 0 aliphatic carbocycles. The molecule has 0 amide bonds. The van der Waals surface area contributed by atoms with Gasteiger partial charge in [-0.05, 0) is 37.8 Å². The summed E-state index contributed by atoms with van der Waals surface area (Å²) in [5.41, 5.74) is 2.65. The van der Waals surface area contributed by atoms with E-state index in [2.05, 4.69) is 39.8 Å². The number of fused-ring (bicyclic) bond motifs is 2. The highest BCUT2D eigenvalue weighted by Crippen LogP contribution is 2.38. The molecule has 31 heavy (non-hydrogen) atoms. The number of aromatic nitrogens is 6. The molecular weight excluding hydrogens is 392 g/mol. The lowest BCUT2D eigenvalue weighted by Gasteiger charge is -2.28. The zero-order chi connectivity index (χ0) is 21.7. The molecule has 0 saturated carbocycles. The van der Waals surface area contributed by atoms with Crippen molar-refractivity contribution in [3.8, 4) is 6.07 Å². The maximum absolute atomic E-state index is 13.4. The van der Waals surface area contributed by atoms with Gasteiger partial charge in [-0.1, -0.05) is 13.8 Å². The third kappa shape index (κ3) is 2.98. The molecule has 5 rings (SSSR count). The van der Waals surface area contributed by atoms with Gasteiger partial charge in [0.25, 0.3) is 5.56 Å². The second kappa shape index (κ2) is 7.23. The summed E-state index contributed by atoms with van der Waals surface area (Å²) >= 11 is 0. The highest BCUT2D eigenvalue weighted by atomic mass is 16.1. The average molecular weight is 416 g/mol. The van der Waals surface area contributed by atoms with E-state index in [0.29, 0.717) is 40.4 Å². The molecule has 0 unspecified atom stereocenters. The molecule has 4 aromatic rings. The van der Waals surface area contributed by atoms with Crippen molar-refractivity contribution in [2.24, 2.45) is 5.92 Å². The maximum Gasteiger partial charge on any atom is 0.277 e. The van der Waals surface area contributed by atoms with Gasteiger partial charge in [-0.25, -0.2) is 14.5 Å². The molecule has 1 saturated heterocycles. The molecule has 1 fully saturated rings. The minimum absolute atomic E-state index is 0.0224. The Labute approximate surface area is 179 Å². The molecule has 0 aromatic carbocycles. The quantitative estimate of drug-likeness (QED) is 0.548. The zero-order valence-corrected chi connectivity index (χ0v) is 17.8. The van der Waals surface area contributed by atoms with E-state index >= 15 is 0 Å². The van der Waals surface area contributed by atoms with Crippen molar-refractivity contribution < 1.29 is 0 Å². The first kappa shape index (κ1) is 19.3. The third-order valence-electron chi connectivity index (χ3n) is 5.93. The van der Waals surface area contributed by atoms with Crippen LogP contribution in [0.4, 0.5) is 5.82 Å². The van der Waals surface area contributed by atoms with Crippen LogP contribution in [0.15, 0.2) is 29.5 Å². The lowest BCUT2D eigenvalue weighted by molar-refractivity contribution is 0.457. The van der Waals surface area contributed by atoms with Crippen LogP contribution in [0.3, 0.4) is 0 Å². The molecule has 1 atom stereocenters. The van der Waals surface area contributed by atoms with Crippen molar-refractivity contribution in [1.29, 1.82) is 5.26 Å². The number of hydrogen-bond donors (Lipinski definition) is 1. The predicted octanol–water partition coefficient (Wildman–Crippen LogP) is 2.94. The van der Waals surface area contributed by atoms with Crippen LogP contribution >= 0.6 is 0 Å². The van der Waals surface area contributed by atoms with Crippen LogP contribution in [-0.4, -0.2) is 35.7 Å². The van der Waals surface area contributed by atoms with E-state index in [1.165, 1.54) is 6.33 Å². The molecule has 1 N–H and O–H groups in total. The number of rotatable bonds is 4. The molecule has 0 spiro atoms. The SMILES string of the molecule is Cc1ccc2c(=O)n(CC(C)C)c([C@@H]3CCCN3c3ncnc4[nH]cc(C#N)c34)nn12. The van der Waals surface area contributed by atoms with E-state index in [1.54, 1.807) is 10.7 Å². The minimum atomic E-state index is -0.114. The van der Waals surface area contributed by atoms with Gasteiger partial charge >= 0.3 is 0 Å². The van der Waals surface area contributed by atoms with Gasteiger partial charge in [-0.15, -0.1) is 0 Å². The minimum Gasteiger partial charge on any atom is -0.346 e. The Balaban J connectivity index is 1.72. The van der Waals surface area contributed by atoms with Gasteiger partial charge in [0.1, 0.15) is 29.4 Å². The van der Waals surface area contributed by atoms with Crippen molar-refractivity contribution in [2.45, 2.75) is 46.2 Å². The topological polar surface area (TPSA) is 108 Å². The Kier molecular flexibility index (Phi) is 4.50. The van der Waals surface area contributed by atoms with Crippen LogP contribution in [0.1, 0.15) is 49.8 Å². The Morgan fingerprint density at radius 1 is 1.32 bits per heavy atom. The summed E-state index contributed by atoms with van der Waals surface area (Å²) in [6, 6.07) is 5.88. The molecular formula is C22H24N8O. The Morgan fingerprint density at radius 3 is 2.94 bits per heavy atom. The summed E-state index contributed by atoms with van der Waals surface area (Å²) in [7, 11) is 0. The van der Waals surface area contributed by atoms with Crippen LogP contribution < -0.4 is 10.5 Å². The van der Waals surface area contributed by atoms with E-state index in [9.17, 15) is 10.1 Å². The van der Waals surface area contributed by atoms with Gasteiger partial charge in [0.2, 0.25) is 0 Å². The molecule has 158 valence electrons. The molecule has 0 bridgehead atoms. The number of nitriles is 1. The number of aromatic amines is 1. The van der Waals surface area contributed by atoms with Gasteiger partial charge in [-0.3, -0.25) is 9.36 Å². The van der Waals surface area contributed by atoms with Crippen molar-refractivity contribution in [1.82, 2.24) is 29.1 Å². The van der Waals surface area contributed by atoms with E-state index in [4.69, 9.17) is 5.10 Å². The van der Waals surface area contributed by atoms with Gasteiger partial charge in [0.15, 0.2) is 5.82 Å². The fourth-order valence-corrected chi connectivity index (χ4v) is 4.55. The van der Waals surface area contributed by atoms with Crippen LogP contribution in [0.25, 0.3) is 16.6 Å². The number of anilines is 1. The Morgan fingerprint density at radius 2 is 2.16 bits per heavy atom. The maximum atomic E-state index is 13.4. The fraction of sp³-hybridized carbons (Fsp3) is 0.409. The molecule has 0 radical (unpaired) electrons. The smallest absolute Gasteiger partial charge is 0.277 e. The average Bonchev–Trinajstić information content (AvgIpc) is 3.48. The lowest BCUT2D eigenvalue weighted by atomic mass is 10.1. The fourth-order valence-electron chi connectivity index (χ4n) is 4.55. The summed E-state index contributed by atoms with van der Waals surface area (Å²) in [6.07, 6.45) is 4.98. The summed E-state index contributed by atoms with van der Waals surface area (Å²) < 4.78 is 3.57. The second-order valence-corrected chi connectivity index (χ2v) is 8.53. The lowest BCUT2D eigenvalue weighted by Crippen LogP contribution is -2.35. The van der Waals surface area contributed by atoms with E-state index in [-0.39, 0.29) is 11.6 Å². The van der Waals surface area contributed by atoms with Crippen molar-refractivity contribution in [3.63, 3.8) is 0 Å². The van der Waals surface area contributed by atoms with Crippen LogP contribution in [0, 0.1) is 24.2 Å². The normalized spacial score (nSPS) is 16.6. The van der Waals surface area contributed by atoms with Crippen molar-refractivity contribution in [2.75, 3.05) is 11.4 Å². The molecule has 9 nitrogen and oxygen atoms in total. The van der Waals surface area contributed by atoms with Crippen LogP contribution in [0.2, 0.25) is 0 Å². The first-order chi connectivity index (χ1) is 15.0. The predicted molar refractivity (Wildman–Crippen MR) is 117 cm³/mol. The van der Waals surface area contributed by atoms with E-state index in [1.807, 2.05) is 23.6 Å². The number of nitrogens with one attached hydrogen (secondary N) is 1. The number of nitrogens with zero attached hydrogens (tertiary/aromatic N) is 7. The third-order valence-corrected chi connectivity index (χ3v) is 5.93. The Bertz CT molecular complexity index is 1390. The highest BCUT2D eigenvalue weighted by Gasteiger charge is 2.33. The monoisotopic (exact) mass is 416 g/mol. The largest absolute Gasteiger partial charge is 0.346 e. The zero-order valence-electron chi connectivity index (χ0n) is 17.8. The van der Waals surface area contributed by atoms with Crippen molar-refractivity contribution in [3.05, 3.63) is 52.1 Å². The Hall–Kier alpha value is -3.67.